The Morgan fingerprint density at radius 1 is 1.37 bits per heavy atom. The normalized spacial score (nSPS) is 18.3. The Morgan fingerprint density at radius 3 is 2.56 bits per heavy atom. The Hall–Kier alpha value is -1.89. The van der Waals surface area contributed by atoms with E-state index in [-0.39, 0.29) is 36.3 Å². The number of nitrogens with zero attached hydrogens (tertiary/aromatic N) is 1. The van der Waals surface area contributed by atoms with Crippen LogP contribution >= 0.6 is 0 Å². The van der Waals surface area contributed by atoms with E-state index in [2.05, 4.69) is 0 Å². The first-order chi connectivity index (χ1) is 12.8. The molecule has 1 saturated heterocycles. The quantitative estimate of drug-likeness (QED) is 0.201. The maximum atomic E-state index is 11.7. The number of carbonyl (C=O) groups is 1. The van der Waals surface area contributed by atoms with Gasteiger partial charge in [0.2, 0.25) is 0 Å². The Balaban J connectivity index is 2.13. The van der Waals surface area contributed by atoms with Crippen molar-refractivity contribution in [3.63, 3.8) is 0 Å². The van der Waals surface area contributed by atoms with Crippen molar-refractivity contribution in [2.75, 3.05) is 13.1 Å². The predicted molar refractivity (Wildman–Crippen MR) is 96.2 cm³/mol. The number of rotatable bonds is 10. The molecule has 0 saturated carbocycles. The number of carboxylic acid groups (broad SMARTS) is 1. The fraction of sp³-hybridized carbons (Fsp3) is 0.562. The van der Waals surface area contributed by atoms with Crippen molar-refractivity contribution in [3.05, 3.63) is 23.3 Å². The van der Waals surface area contributed by atoms with E-state index in [1.165, 1.54) is 0 Å². The van der Waals surface area contributed by atoms with Gasteiger partial charge in [0.15, 0.2) is 0 Å². The highest BCUT2D eigenvalue weighted by Crippen LogP contribution is 2.34. The number of hydrogen-bond acceptors (Lipinski definition) is 9. The van der Waals surface area contributed by atoms with Gasteiger partial charge in [-0.1, -0.05) is 19.4 Å². The van der Waals surface area contributed by atoms with E-state index in [0.717, 1.165) is 6.42 Å². The van der Waals surface area contributed by atoms with Gasteiger partial charge in [-0.15, -0.1) is 0 Å². The number of aliphatic hydroxyl groups excluding tert-OH is 2. The summed E-state index contributed by atoms with van der Waals surface area (Å²) in [5, 5.41) is 37.8. The number of benzene rings is 1. The fourth-order valence-corrected chi connectivity index (χ4v) is 2.92. The minimum Gasteiger partial charge on any atom is -0.536 e. The molecular weight excluding hydrogens is 357 g/mol. The minimum absolute atomic E-state index is 0.0360. The zero-order chi connectivity index (χ0) is 20.1. The standard InChI is InChI=1S/C16H25BN3O7/c1-2-3-8-4-5-10(11(16(23)24)13(8)27-17-25)26-9-6-20(7-9)15(22)12(18)14(19)21/h4-5,9,12,14-15,21-22,25H,2-3,6-7,18-19H2,1H3,(H,23,24)/t12-,14-,15?/m1/s1. The van der Waals surface area contributed by atoms with Crippen molar-refractivity contribution in [3.8, 4) is 11.5 Å². The summed E-state index contributed by atoms with van der Waals surface area (Å²) >= 11 is 0. The van der Waals surface area contributed by atoms with E-state index in [1.807, 2.05) is 6.92 Å². The topological polar surface area (TPSA) is 172 Å². The van der Waals surface area contributed by atoms with Gasteiger partial charge < -0.3 is 41.2 Å². The Labute approximate surface area is 157 Å². The second-order valence-corrected chi connectivity index (χ2v) is 6.38. The number of aliphatic hydroxyl groups is 2. The lowest BCUT2D eigenvalue weighted by Gasteiger charge is -2.43. The second kappa shape index (κ2) is 9.35. The molecule has 1 heterocycles. The van der Waals surface area contributed by atoms with Gasteiger partial charge in [0.25, 0.3) is 0 Å². The molecule has 0 amide bonds. The Bertz CT molecular complexity index is 655. The summed E-state index contributed by atoms with van der Waals surface area (Å²) < 4.78 is 10.8. The van der Waals surface area contributed by atoms with Gasteiger partial charge in [0, 0.05) is 13.1 Å². The molecule has 1 unspecified atom stereocenters. The number of ether oxygens (including phenoxy) is 1. The van der Waals surface area contributed by atoms with Crippen LogP contribution < -0.4 is 20.9 Å². The van der Waals surface area contributed by atoms with Crippen LogP contribution in [0.4, 0.5) is 0 Å². The molecule has 11 heteroatoms. The molecular formula is C16H25BN3O7. The van der Waals surface area contributed by atoms with Crippen LogP contribution in [0.3, 0.4) is 0 Å². The lowest BCUT2D eigenvalue weighted by atomic mass is 10.0. The largest absolute Gasteiger partial charge is 0.569 e. The summed E-state index contributed by atoms with van der Waals surface area (Å²) in [6.45, 7) is 2.49. The van der Waals surface area contributed by atoms with Crippen LogP contribution in [0.25, 0.3) is 0 Å². The summed E-state index contributed by atoms with van der Waals surface area (Å²) in [5.41, 5.74) is 11.3. The highest BCUT2D eigenvalue weighted by atomic mass is 16.5. The molecule has 10 nitrogen and oxygen atoms in total. The monoisotopic (exact) mass is 382 g/mol. The summed E-state index contributed by atoms with van der Waals surface area (Å²) in [4.78, 5) is 13.3. The number of nitrogens with two attached hydrogens (primary N) is 2. The summed E-state index contributed by atoms with van der Waals surface area (Å²) in [6.07, 6.45) is -1.54. The number of aromatic carboxylic acids is 1. The van der Waals surface area contributed by atoms with Crippen molar-refractivity contribution in [1.82, 2.24) is 4.90 Å². The maximum Gasteiger partial charge on any atom is 0.569 e. The van der Waals surface area contributed by atoms with Gasteiger partial charge in [-0.25, -0.2) is 4.79 Å². The van der Waals surface area contributed by atoms with Gasteiger partial charge in [0.1, 0.15) is 35.6 Å². The van der Waals surface area contributed by atoms with Crippen LogP contribution in [-0.2, 0) is 6.42 Å². The molecule has 149 valence electrons. The molecule has 1 aromatic carbocycles. The zero-order valence-electron chi connectivity index (χ0n) is 15.0. The number of carboxylic acids is 1. The minimum atomic E-state index is -1.36. The van der Waals surface area contributed by atoms with Gasteiger partial charge in [-0.3, -0.25) is 4.90 Å². The molecule has 0 bridgehead atoms. The molecule has 27 heavy (non-hydrogen) atoms. The van der Waals surface area contributed by atoms with Crippen molar-refractivity contribution in [2.24, 2.45) is 11.5 Å². The first-order valence-electron chi connectivity index (χ1n) is 8.59. The summed E-state index contributed by atoms with van der Waals surface area (Å²) in [5.74, 6) is -1.11. The third-order valence-corrected chi connectivity index (χ3v) is 4.39. The van der Waals surface area contributed by atoms with E-state index in [4.69, 9.17) is 25.9 Å². The number of hydrogen-bond donors (Lipinski definition) is 6. The molecule has 0 aromatic heterocycles. The molecule has 1 aromatic rings. The van der Waals surface area contributed by atoms with Gasteiger partial charge in [-0.05, 0) is 18.1 Å². The van der Waals surface area contributed by atoms with Gasteiger partial charge in [0.05, 0.1) is 6.04 Å². The number of likely N-dealkylation sites (tertiary alicyclic amines) is 1. The van der Waals surface area contributed by atoms with Gasteiger partial charge >= 0.3 is 13.7 Å². The van der Waals surface area contributed by atoms with Crippen molar-refractivity contribution < 1.29 is 34.5 Å². The average Bonchev–Trinajstić information content (AvgIpc) is 2.58. The summed E-state index contributed by atoms with van der Waals surface area (Å²) in [7, 11) is 0.436. The maximum absolute atomic E-state index is 11.7. The van der Waals surface area contributed by atoms with Crippen LogP contribution in [0.1, 0.15) is 29.3 Å². The SMILES string of the molecule is CCCc1ccc(OC2CN(C(O)[C@H](N)[C@H](N)O)C2)c(C(=O)O)c1O[B]O. The van der Waals surface area contributed by atoms with Crippen LogP contribution in [0.2, 0.25) is 0 Å². The molecule has 0 aliphatic carbocycles. The fourth-order valence-electron chi connectivity index (χ4n) is 2.92. The third-order valence-electron chi connectivity index (χ3n) is 4.39. The Morgan fingerprint density at radius 2 is 2.04 bits per heavy atom. The molecule has 1 fully saturated rings. The zero-order valence-corrected chi connectivity index (χ0v) is 15.0. The molecule has 1 aliphatic heterocycles. The van der Waals surface area contributed by atoms with Gasteiger partial charge in [-0.2, -0.15) is 0 Å². The van der Waals surface area contributed by atoms with Crippen molar-refractivity contribution in [1.29, 1.82) is 0 Å². The highest BCUT2D eigenvalue weighted by molar-refractivity contribution is 6.18. The number of aryl methyl sites for hydroxylation is 1. The molecule has 3 atom stereocenters. The first-order valence-corrected chi connectivity index (χ1v) is 8.59. The van der Waals surface area contributed by atoms with Crippen molar-refractivity contribution in [2.45, 2.75) is 44.4 Å². The Kier molecular flexibility index (Phi) is 7.42. The lowest BCUT2D eigenvalue weighted by Crippen LogP contribution is -2.65. The van der Waals surface area contributed by atoms with Crippen LogP contribution in [0.15, 0.2) is 12.1 Å². The lowest BCUT2D eigenvalue weighted by molar-refractivity contribution is -0.114. The third kappa shape index (κ3) is 4.89. The molecule has 2 rings (SSSR count). The summed E-state index contributed by atoms with van der Waals surface area (Å²) in [6, 6.07) is 2.21. The molecule has 1 aliphatic rings. The average molecular weight is 382 g/mol. The van der Waals surface area contributed by atoms with E-state index < -0.39 is 24.5 Å². The highest BCUT2D eigenvalue weighted by Gasteiger charge is 2.38. The molecule has 1 radical (unpaired) electrons. The molecule has 8 N–H and O–H groups in total. The van der Waals surface area contributed by atoms with Crippen LogP contribution in [0, 0.1) is 0 Å². The van der Waals surface area contributed by atoms with E-state index in [9.17, 15) is 20.1 Å². The van der Waals surface area contributed by atoms with E-state index >= 15 is 0 Å². The van der Waals surface area contributed by atoms with E-state index in [1.54, 1.807) is 17.0 Å². The first kappa shape index (κ1) is 21.4. The molecule has 0 spiro atoms. The van der Waals surface area contributed by atoms with E-state index in [0.29, 0.717) is 19.7 Å². The van der Waals surface area contributed by atoms with Crippen molar-refractivity contribution >= 4 is 13.7 Å². The van der Waals surface area contributed by atoms with Crippen LogP contribution in [0.5, 0.6) is 11.5 Å². The predicted octanol–water partition coefficient (Wildman–Crippen LogP) is -1.77. The van der Waals surface area contributed by atoms with Crippen LogP contribution in [-0.4, -0.2) is 76.6 Å². The second-order valence-electron chi connectivity index (χ2n) is 6.38. The smallest absolute Gasteiger partial charge is 0.536 e.